The largest absolute Gasteiger partial charge is 0.355 e. The van der Waals surface area contributed by atoms with E-state index >= 15 is 0 Å². The van der Waals surface area contributed by atoms with Crippen LogP contribution in [-0.2, 0) is 5.41 Å². The van der Waals surface area contributed by atoms with Crippen LogP contribution in [0, 0.1) is 0 Å². The highest BCUT2D eigenvalue weighted by Gasteiger charge is 2.54. The molecule has 10 rings (SSSR count). The van der Waals surface area contributed by atoms with E-state index in [1.165, 1.54) is 61.8 Å². The number of para-hydroxylation sites is 6. The van der Waals surface area contributed by atoms with Crippen molar-refractivity contribution < 1.29 is 0 Å². The summed E-state index contributed by atoms with van der Waals surface area (Å²) in [7, 11) is 0. The fourth-order valence-electron chi connectivity index (χ4n) is 8.27. The van der Waals surface area contributed by atoms with Gasteiger partial charge in [-0.05, 0) is 82.4 Å². The maximum absolute atomic E-state index is 3.78. The van der Waals surface area contributed by atoms with Gasteiger partial charge >= 0.3 is 0 Å². The number of hydrogen-bond donors (Lipinski definition) is 1. The average molecular weight is 588 g/mol. The van der Waals surface area contributed by atoms with Crippen LogP contribution < -0.4 is 15.1 Å². The predicted molar refractivity (Wildman–Crippen MR) is 190 cm³/mol. The number of nitrogens with one attached hydrogen (secondary N) is 1. The van der Waals surface area contributed by atoms with E-state index in [9.17, 15) is 0 Å². The van der Waals surface area contributed by atoms with Crippen LogP contribution in [0.1, 0.15) is 22.3 Å². The number of nitrogens with zero attached hydrogens (tertiary/aromatic N) is 2. The lowest BCUT2D eigenvalue weighted by atomic mass is 9.64. The summed E-state index contributed by atoms with van der Waals surface area (Å²) in [6, 6.07) is 61.8. The first-order chi connectivity index (χ1) is 22.9. The molecule has 0 saturated carbocycles. The summed E-state index contributed by atoms with van der Waals surface area (Å²) in [5, 5.41) is 3.78. The van der Waals surface area contributed by atoms with Crippen molar-refractivity contribution in [3.8, 4) is 11.1 Å². The molecule has 2 heterocycles. The highest BCUT2D eigenvalue weighted by Crippen LogP contribution is 2.68. The zero-order valence-electron chi connectivity index (χ0n) is 25.1. The summed E-state index contributed by atoms with van der Waals surface area (Å²) >= 11 is 0. The summed E-state index contributed by atoms with van der Waals surface area (Å²) in [6.07, 6.45) is 0. The van der Waals surface area contributed by atoms with Gasteiger partial charge < -0.3 is 15.1 Å². The first kappa shape index (κ1) is 25.3. The van der Waals surface area contributed by atoms with Crippen LogP contribution >= 0.6 is 0 Å². The zero-order chi connectivity index (χ0) is 30.2. The van der Waals surface area contributed by atoms with E-state index in [0.717, 1.165) is 17.1 Å². The normalized spacial score (nSPS) is 16.3. The Morgan fingerprint density at radius 1 is 0.391 bits per heavy atom. The minimum Gasteiger partial charge on any atom is -0.355 e. The maximum Gasteiger partial charge on any atom is 0.0755 e. The molecule has 0 aromatic heterocycles. The molecule has 216 valence electrons. The lowest BCUT2D eigenvalue weighted by molar-refractivity contribution is 0.751. The first-order valence-corrected chi connectivity index (χ1v) is 15.9. The standard InChI is InChI=1S/C43H29N3/c1-3-15-29(16-4-1)44-36-24-13-22-34-41(36)31-19-7-8-20-32(31)43(34)33-21-9-10-25-37(33)46-39-27-12-11-26-38(39)45(30-17-5-2-6-18-30)40-28-14-23-35(43)42(40)46/h1-28,44H. The monoisotopic (exact) mass is 587 g/mol. The third kappa shape index (κ3) is 3.21. The van der Waals surface area contributed by atoms with Crippen LogP contribution in [0.25, 0.3) is 11.1 Å². The molecule has 7 aromatic carbocycles. The molecule has 1 N–H and O–H groups in total. The molecular weight excluding hydrogens is 558 g/mol. The lowest BCUT2D eigenvalue weighted by Gasteiger charge is -2.49. The average Bonchev–Trinajstić information content (AvgIpc) is 3.42. The number of benzene rings is 7. The first-order valence-electron chi connectivity index (χ1n) is 15.9. The van der Waals surface area contributed by atoms with Gasteiger partial charge in [0.25, 0.3) is 0 Å². The number of fused-ring (bicyclic) bond motifs is 11. The lowest BCUT2D eigenvalue weighted by Crippen LogP contribution is -2.38. The zero-order valence-corrected chi connectivity index (χ0v) is 25.1. The van der Waals surface area contributed by atoms with Gasteiger partial charge in [-0.25, -0.2) is 0 Å². The van der Waals surface area contributed by atoms with E-state index in [1.807, 2.05) is 0 Å². The molecule has 1 unspecified atom stereocenters. The summed E-state index contributed by atoms with van der Waals surface area (Å²) < 4.78 is 0. The maximum atomic E-state index is 3.78. The smallest absolute Gasteiger partial charge is 0.0755 e. The summed E-state index contributed by atoms with van der Waals surface area (Å²) in [5.41, 5.74) is 16.6. The van der Waals surface area contributed by atoms with Crippen LogP contribution in [0.3, 0.4) is 0 Å². The molecule has 7 aromatic rings. The van der Waals surface area contributed by atoms with E-state index in [1.54, 1.807) is 0 Å². The second-order valence-corrected chi connectivity index (χ2v) is 12.2. The van der Waals surface area contributed by atoms with Gasteiger partial charge in [-0.2, -0.15) is 0 Å². The van der Waals surface area contributed by atoms with Crippen LogP contribution in [-0.4, -0.2) is 0 Å². The molecule has 0 bridgehead atoms. The molecular formula is C43H29N3. The molecule has 1 aliphatic carbocycles. The highest BCUT2D eigenvalue weighted by molar-refractivity contribution is 6.08. The Labute approximate surface area is 268 Å². The van der Waals surface area contributed by atoms with Crippen LogP contribution in [0.5, 0.6) is 0 Å². The molecule has 0 saturated heterocycles. The highest BCUT2D eigenvalue weighted by atomic mass is 15.3. The molecule has 1 spiro atoms. The minimum atomic E-state index is -0.507. The van der Waals surface area contributed by atoms with Crippen LogP contribution in [0.4, 0.5) is 45.5 Å². The van der Waals surface area contributed by atoms with E-state index in [4.69, 9.17) is 0 Å². The number of anilines is 8. The van der Waals surface area contributed by atoms with Crippen LogP contribution in [0.15, 0.2) is 170 Å². The molecule has 46 heavy (non-hydrogen) atoms. The van der Waals surface area contributed by atoms with E-state index in [-0.39, 0.29) is 0 Å². The third-order valence-corrected chi connectivity index (χ3v) is 9.93. The van der Waals surface area contributed by atoms with Crippen molar-refractivity contribution in [2.75, 3.05) is 15.1 Å². The number of hydrogen-bond acceptors (Lipinski definition) is 3. The SMILES string of the molecule is c1ccc(Nc2cccc3c2-c2ccccc2C32c3ccccc3N3c4ccccc4N(c4ccccc4)c4cccc2c43)cc1. The molecule has 3 aliphatic rings. The molecule has 3 nitrogen and oxygen atoms in total. The summed E-state index contributed by atoms with van der Waals surface area (Å²) in [5.74, 6) is 0. The fourth-order valence-corrected chi connectivity index (χ4v) is 8.27. The Balaban J connectivity index is 1.33. The van der Waals surface area contributed by atoms with Crippen LogP contribution in [0.2, 0.25) is 0 Å². The van der Waals surface area contributed by atoms with Gasteiger partial charge in [0.2, 0.25) is 0 Å². The Morgan fingerprint density at radius 3 is 1.76 bits per heavy atom. The van der Waals surface area contributed by atoms with Gasteiger partial charge in [0.15, 0.2) is 0 Å². The summed E-state index contributed by atoms with van der Waals surface area (Å²) in [4.78, 5) is 4.94. The van der Waals surface area contributed by atoms with E-state index < -0.39 is 5.41 Å². The molecule has 3 heteroatoms. The quantitative estimate of drug-likeness (QED) is 0.222. The second kappa shape index (κ2) is 9.47. The van der Waals surface area contributed by atoms with Crippen molar-refractivity contribution in [1.82, 2.24) is 0 Å². The van der Waals surface area contributed by atoms with Crippen molar-refractivity contribution in [1.29, 1.82) is 0 Å². The van der Waals surface area contributed by atoms with Gasteiger partial charge in [0, 0.05) is 22.6 Å². The van der Waals surface area contributed by atoms with E-state index in [2.05, 4.69) is 185 Å². The summed E-state index contributed by atoms with van der Waals surface area (Å²) in [6.45, 7) is 0. The van der Waals surface area contributed by atoms with Gasteiger partial charge in [0.1, 0.15) is 0 Å². The van der Waals surface area contributed by atoms with Gasteiger partial charge in [0.05, 0.1) is 33.9 Å². The Morgan fingerprint density at radius 2 is 0.957 bits per heavy atom. The second-order valence-electron chi connectivity index (χ2n) is 12.2. The van der Waals surface area contributed by atoms with Gasteiger partial charge in [-0.1, -0.05) is 115 Å². The van der Waals surface area contributed by atoms with Crippen molar-refractivity contribution in [3.05, 3.63) is 192 Å². The third-order valence-electron chi connectivity index (χ3n) is 9.93. The predicted octanol–water partition coefficient (Wildman–Crippen LogP) is 11.4. The molecule has 2 aliphatic heterocycles. The van der Waals surface area contributed by atoms with Gasteiger partial charge in [-0.3, -0.25) is 0 Å². The minimum absolute atomic E-state index is 0.507. The van der Waals surface area contributed by atoms with Crippen molar-refractivity contribution in [2.24, 2.45) is 0 Å². The van der Waals surface area contributed by atoms with Crippen molar-refractivity contribution >= 4 is 45.5 Å². The topological polar surface area (TPSA) is 18.5 Å². The molecule has 1 atom stereocenters. The van der Waals surface area contributed by atoms with Gasteiger partial charge in [-0.15, -0.1) is 0 Å². The molecule has 0 fully saturated rings. The number of rotatable bonds is 3. The molecule has 0 amide bonds. The Bertz CT molecular complexity index is 2310. The van der Waals surface area contributed by atoms with Crippen molar-refractivity contribution in [3.63, 3.8) is 0 Å². The Hall–Kier alpha value is -6.06. The molecule has 0 radical (unpaired) electrons. The fraction of sp³-hybridized carbons (Fsp3) is 0.0233. The Kier molecular flexibility index (Phi) is 5.20. The van der Waals surface area contributed by atoms with E-state index in [0.29, 0.717) is 0 Å². The van der Waals surface area contributed by atoms with Crippen molar-refractivity contribution in [2.45, 2.75) is 5.41 Å².